The van der Waals surface area contributed by atoms with E-state index in [1.165, 1.54) is 4.68 Å². The molecule has 0 saturated heterocycles. The SMILES string of the molecule is CCc1nc2ccc(Br)cc2c(=O)n1N=Cc1cc(Cl)ccc1OCc1ccc(Cl)cc1. The summed E-state index contributed by atoms with van der Waals surface area (Å²) in [5.41, 5.74) is 2.02. The van der Waals surface area contributed by atoms with Crippen molar-refractivity contribution in [3.05, 3.63) is 102 Å². The van der Waals surface area contributed by atoms with Gasteiger partial charge in [0.25, 0.3) is 5.56 Å². The lowest BCUT2D eigenvalue weighted by molar-refractivity contribution is 0.306. The van der Waals surface area contributed by atoms with Gasteiger partial charge in [-0.15, -0.1) is 0 Å². The van der Waals surface area contributed by atoms with Crippen molar-refractivity contribution in [1.29, 1.82) is 0 Å². The number of hydrogen-bond donors (Lipinski definition) is 0. The first-order valence-corrected chi connectivity index (χ1v) is 11.4. The fraction of sp³-hybridized carbons (Fsp3) is 0.125. The molecule has 0 radical (unpaired) electrons. The molecule has 0 aliphatic carbocycles. The number of rotatable bonds is 6. The van der Waals surface area contributed by atoms with Gasteiger partial charge in [0.2, 0.25) is 0 Å². The quantitative estimate of drug-likeness (QED) is 0.268. The maximum atomic E-state index is 13.1. The van der Waals surface area contributed by atoms with Gasteiger partial charge in [-0.2, -0.15) is 9.78 Å². The molecule has 1 aromatic heterocycles. The monoisotopic (exact) mass is 529 g/mol. The summed E-state index contributed by atoms with van der Waals surface area (Å²) in [5.74, 6) is 1.16. The average molecular weight is 531 g/mol. The van der Waals surface area contributed by atoms with Gasteiger partial charge in [0, 0.05) is 26.5 Å². The fourth-order valence-electron chi connectivity index (χ4n) is 3.16. The summed E-state index contributed by atoms with van der Waals surface area (Å²) >= 11 is 15.6. The molecule has 0 aliphatic rings. The Balaban J connectivity index is 1.69. The van der Waals surface area contributed by atoms with Crippen molar-refractivity contribution in [2.24, 2.45) is 5.10 Å². The predicted octanol–water partition coefficient (Wildman–Crippen LogP) is 6.49. The van der Waals surface area contributed by atoms with Crippen LogP contribution in [0.5, 0.6) is 5.75 Å². The van der Waals surface area contributed by atoms with Crippen LogP contribution in [0, 0.1) is 0 Å². The third-order valence-electron chi connectivity index (χ3n) is 4.78. The summed E-state index contributed by atoms with van der Waals surface area (Å²) in [6.45, 7) is 2.28. The lowest BCUT2D eigenvalue weighted by atomic mass is 10.2. The summed E-state index contributed by atoms with van der Waals surface area (Å²) in [6, 6.07) is 18.1. The second kappa shape index (κ2) is 9.86. The summed E-state index contributed by atoms with van der Waals surface area (Å²) < 4.78 is 8.10. The maximum absolute atomic E-state index is 13.1. The minimum atomic E-state index is -0.241. The summed E-state index contributed by atoms with van der Waals surface area (Å²) in [7, 11) is 0. The van der Waals surface area contributed by atoms with Gasteiger partial charge < -0.3 is 4.74 Å². The van der Waals surface area contributed by atoms with E-state index in [0.717, 1.165) is 10.0 Å². The van der Waals surface area contributed by atoms with Crippen LogP contribution in [0.1, 0.15) is 23.9 Å². The van der Waals surface area contributed by atoms with E-state index in [1.807, 2.05) is 43.3 Å². The van der Waals surface area contributed by atoms with Crippen LogP contribution in [0.4, 0.5) is 0 Å². The lowest BCUT2D eigenvalue weighted by Crippen LogP contribution is -2.22. The van der Waals surface area contributed by atoms with E-state index in [1.54, 1.807) is 30.5 Å². The molecule has 0 N–H and O–H groups in total. The molecule has 0 fully saturated rings. The normalized spacial score (nSPS) is 11.4. The first-order chi connectivity index (χ1) is 15.4. The molecule has 0 spiro atoms. The number of aromatic nitrogens is 2. The van der Waals surface area contributed by atoms with Gasteiger partial charge in [0.05, 0.1) is 17.1 Å². The van der Waals surface area contributed by atoms with Crippen LogP contribution in [-0.4, -0.2) is 15.9 Å². The van der Waals surface area contributed by atoms with Gasteiger partial charge in [-0.1, -0.05) is 58.2 Å². The van der Waals surface area contributed by atoms with Crippen LogP contribution in [0.15, 0.2) is 75.0 Å². The average Bonchev–Trinajstić information content (AvgIpc) is 2.79. The molecule has 32 heavy (non-hydrogen) atoms. The highest BCUT2D eigenvalue weighted by Crippen LogP contribution is 2.23. The topological polar surface area (TPSA) is 56.5 Å². The van der Waals surface area contributed by atoms with Gasteiger partial charge >= 0.3 is 0 Å². The van der Waals surface area contributed by atoms with Gasteiger partial charge in [-0.3, -0.25) is 4.79 Å². The first kappa shape index (κ1) is 22.5. The van der Waals surface area contributed by atoms with E-state index in [4.69, 9.17) is 27.9 Å². The molecular formula is C24H18BrCl2N3O2. The molecule has 0 atom stereocenters. The van der Waals surface area contributed by atoms with Crippen LogP contribution in [0.2, 0.25) is 10.0 Å². The number of halogens is 3. The number of ether oxygens (including phenoxy) is 1. The van der Waals surface area contributed by atoms with E-state index >= 15 is 0 Å². The predicted molar refractivity (Wildman–Crippen MR) is 133 cm³/mol. The Labute approximate surface area is 203 Å². The number of nitrogens with zero attached hydrogens (tertiary/aromatic N) is 3. The van der Waals surface area contributed by atoms with Crippen molar-refractivity contribution in [3.8, 4) is 5.75 Å². The second-order valence-corrected chi connectivity index (χ2v) is 8.79. The molecule has 0 bridgehead atoms. The zero-order chi connectivity index (χ0) is 22.7. The minimum Gasteiger partial charge on any atom is -0.488 e. The van der Waals surface area contributed by atoms with Crippen molar-refractivity contribution in [2.45, 2.75) is 20.0 Å². The Morgan fingerprint density at radius 1 is 1.06 bits per heavy atom. The molecular weight excluding hydrogens is 513 g/mol. The van der Waals surface area contributed by atoms with Crippen LogP contribution in [-0.2, 0) is 13.0 Å². The van der Waals surface area contributed by atoms with E-state index < -0.39 is 0 Å². The summed E-state index contributed by atoms with van der Waals surface area (Å²) in [4.78, 5) is 17.7. The highest BCUT2D eigenvalue weighted by molar-refractivity contribution is 9.10. The first-order valence-electron chi connectivity index (χ1n) is 9.87. The molecule has 0 aliphatic heterocycles. The zero-order valence-electron chi connectivity index (χ0n) is 17.1. The van der Waals surface area contributed by atoms with Crippen LogP contribution < -0.4 is 10.3 Å². The number of benzene rings is 3. The number of fused-ring (bicyclic) bond motifs is 1. The van der Waals surface area contributed by atoms with E-state index in [2.05, 4.69) is 26.0 Å². The highest BCUT2D eigenvalue weighted by Gasteiger charge is 2.10. The van der Waals surface area contributed by atoms with Gasteiger partial charge in [0.15, 0.2) is 0 Å². The minimum absolute atomic E-state index is 0.241. The molecule has 4 rings (SSSR count). The molecule has 1 heterocycles. The largest absolute Gasteiger partial charge is 0.488 e. The van der Waals surface area contributed by atoms with Crippen molar-refractivity contribution < 1.29 is 4.74 Å². The Bertz CT molecular complexity index is 1370. The Hall–Kier alpha value is -2.67. The van der Waals surface area contributed by atoms with E-state index in [-0.39, 0.29) is 5.56 Å². The Morgan fingerprint density at radius 2 is 1.81 bits per heavy atom. The zero-order valence-corrected chi connectivity index (χ0v) is 20.2. The highest BCUT2D eigenvalue weighted by atomic mass is 79.9. The van der Waals surface area contributed by atoms with Crippen molar-refractivity contribution in [3.63, 3.8) is 0 Å². The fourth-order valence-corrected chi connectivity index (χ4v) is 3.82. The second-order valence-electron chi connectivity index (χ2n) is 7.00. The van der Waals surface area contributed by atoms with Crippen LogP contribution in [0.25, 0.3) is 10.9 Å². The molecule has 8 heteroatoms. The molecule has 0 amide bonds. The molecule has 4 aromatic rings. The molecule has 0 saturated carbocycles. The van der Waals surface area contributed by atoms with Crippen LogP contribution in [0.3, 0.4) is 0 Å². The Kier molecular flexibility index (Phi) is 6.94. The lowest BCUT2D eigenvalue weighted by Gasteiger charge is -2.11. The summed E-state index contributed by atoms with van der Waals surface area (Å²) in [6.07, 6.45) is 2.11. The van der Waals surface area contributed by atoms with Crippen molar-refractivity contribution >= 4 is 56.2 Å². The van der Waals surface area contributed by atoms with Crippen molar-refractivity contribution in [1.82, 2.24) is 9.66 Å². The molecule has 0 unspecified atom stereocenters. The number of aryl methyl sites for hydroxylation is 1. The molecule has 3 aromatic carbocycles. The Morgan fingerprint density at radius 3 is 2.56 bits per heavy atom. The third kappa shape index (κ3) is 5.04. The van der Waals surface area contributed by atoms with Crippen molar-refractivity contribution in [2.75, 3.05) is 0 Å². The van der Waals surface area contributed by atoms with Gasteiger partial charge in [-0.25, -0.2) is 4.98 Å². The van der Waals surface area contributed by atoms with Crippen LogP contribution >= 0.6 is 39.1 Å². The molecule has 5 nitrogen and oxygen atoms in total. The standard InChI is InChI=1S/C24H18BrCl2N3O2/c1-2-23-29-21-9-5-17(25)12-20(21)24(31)30(23)28-13-16-11-19(27)8-10-22(16)32-14-15-3-6-18(26)7-4-15/h3-13H,2,14H2,1H3. The third-order valence-corrected chi connectivity index (χ3v) is 5.76. The van der Waals surface area contributed by atoms with Gasteiger partial charge in [-0.05, 0) is 54.1 Å². The smallest absolute Gasteiger partial charge is 0.282 e. The molecule has 162 valence electrons. The maximum Gasteiger partial charge on any atom is 0.282 e. The number of hydrogen-bond acceptors (Lipinski definition) is 4. The summed E-state index contributed by atoms with van der Waals surface area (Å²) in [5, 5.41) is 6.13. The van der Waals surface area contributed by atoms with E-state index in [9.17, 15) is 4.79 Å². The van der Waals surface area contributed by atoms with E-state index in [0.29, 0.717) is 51.1 Å². The van der Waals surface area contributed by atoms with Gasteiger partial charge in [0.1, 0.15) is 18.2 Å².